The lowest BCUT2D eigenvalue weighted by molar-refractivity contribution is 0.158. The lowest BCUT2D eigenvalue weighted by atomic mass is 10.3. The van der Waals surface area contributed by atoms with E-state index in [4.69, 9.17) is 5.11 Å². The van der Waals surface area contributed by atoms with Crippen molar-refractivity contribution < 1.29 is 5.11 Å². The number of nitrogens with zero attached hydrogens (tertiary/aromatic N) is 2. The summed E-state index contributed by atoms with van der Waals surface area (Å²) in [4.78, 5) is 6.84. The van der Waals surface area contributed by atoms with Crippen molar-refractivity contribution in [3.63, 3.8) is 0 Å². The molecule has 1 aromatic rings. The Kier molecular flexibility index (Phi) is 5.95. The van der Waals surface area contributed by atoms with Gasteiger partial charge in [-0.25, -0.2) is 4.98 Å². The van der Waals surface area contributed by atoms with Crippen LogP contribution in [0.5, 0.6) is 0 Å². The Morgan fingerprint density at radius 1 is 1.50 bits per heavy atom. The van der Waals surface area contributed by atoms with Gasteiger partial charge in [-0.1, -0.05) is 6.92 Å². The average molecular weight is 242 g/mol. The molecular weight excluding hydrogens is 220 g/mol. The van der Waals surface area contributed by atoms with Crippen LogP contribution in [0.1, 0.15) is 37.9 Å². The molecule has 0 aromatic carbocycles. The van der Waals surface area contributed by atoms with Gasteiger partial charge in [-0.05, 0) is 26.7 Å². The van der Waals surface area contributed by atoms with Crippen LogP contribution in [0.15, 0.2) is 5.38 Å². The average Bonchev–Trinajstić information content (AvgIpc) is 2.65. The quantitative estimate of drug-likeness (QED) is 0.797. The van der Waals surface area contributed by atoms with Gasteiger partial charge in [0.15, 0.2) is 0 Å². The van der Waals surface area contributed by atoms with Gasteiger partial charge in [-0.3, -0.25) is 4.90 Å². The third kappa shape index (κ3) is 4.20. The van der Waals surface area contributed by atoms with E-state index in [2.05, 4.69) is 36.0 Å². The summed E-state index contributed by atoms with van der Waals surface area (Å²) in [5, 5.41) is 12.4. The number of thiazole rings is 1. The van der Waals surface area contributed by atoms with Crippen molar-refractivity contribution in [2.75, 3.05) is 13.2 Å². The summed E-state index contributed by atoms with van der Waals surface area (Å²) >= 11 is 1.75. The molecule has 1 aromatic heterocycles. The molecule has 0 saturated heterocycles. The highest BCUT2D eigenvalue weighted by Gasteiger charge is 2.11. The van der Waals surface area contributed by atoms with Gasteiger partial charge in [0.25, 0.3) is 0 Å². The molecule has 3 nitrogen and oxygen atoms in total. The van der Waals surface area contributed by atoms with Crippen molar-refractivity contribution in [2.24, 2.45) is 0 Å². The zero-order valence-corrected chi connectivity index (χ0v) is 11.3. The Bertz CT molecular complexity index is 299. The van der Waals surface area contributed by atoms with Gasteiger partial charge in [0.1, 0.15) is 0 Å². The molecule has 16 heavy (non-hydrogen) atoms. The van der Waals surface area contributed by atoms with Crippen LogP contribution in [0.25, 0.3) is 0 Å². The van der Waals surface area contributed by atoms with E-state index in [1.807, 2.05) is 0 Å². The highest BCUT2D eigenvalue weighted by atomic mass is 32.1. The normalized spacial score (nSPS) is 11.6. The predicted molar refractivity (Wildman–Crippen MR) is 68.7 cm³/mol. The molecule has 1 heterocycles. The fourth-order valence-corrected chi connectivity index (χ4v) is 2.50. The van der Waals surface area contributed by atoms with Crippen LogP contribution in [-0.2, 0) is 13.0 Å². The highest BCUT2D eigenvalue weighted by Crippen LogP contribution is 2.14. The van der Waals surface area contributed by atoms with Crippen LogP contribution < -0.4 is 0 Å². The van der Waals surface area contributed by atoms with Gasteiger partial charge in [0, 0.05) is 24.5 Å². The highest BCUT2D eigenvalue weighted by molar-refractivity contribution is 7.09. The molecule has 0 radical (unpaired) electrons. The van der Waals surface area contributed by atoms with Gasteiger partial charge < -0.3 is 5.11 Å². The number of hydrogen-bond donors (Lipinski definition) is 1. The van der Waals surface area contributed by atoms with Crippen LogP contribution in [-0.4, -0.2) is 34.2 Å². The minimum Gasteiger partial charge on any atom is -0.395 e. The van der Waals surface area contributed by atoms with Gasteiger partial charge in [-0.2, -0.15) is 0 Å². The molecule has 0 saturated carbocycles. The van der Waals surface area contributed by atoms with Gasteiger partial charge in [0.2, 0.25) is 0 Å². The number of aliphatic hydroxyl groups is 1. The van der Waals surface area contributed by atoms with Gasteiger partial charge in [-0.15, -0.1) is 11.3 Å². The maximum atomic E-state index is 8.99. The zero-order chi connectivity index (χ0) is 12.0. The van der Waals surface area contributed by atoms with Crippen molar-refractivity contribution >= 4 is 11.3 Å². The Morgan fingerprint density at radius 3 is 2.81 bits per heavy atom. The first kappa shape index (κ1) is 13.6. The Hall–Kier alpha value is -0.450. The van der Waals surface area contributed by atoms with Crippen LogP contribution in [0.2, 0.25) is 0 Å². The molecule has 0 bridgehead atoms. The smallest absolute Gasteiger partial charge is 0.0928 e. The number of hydrogen-bond acceptors (Lipinski definition) is 4. The monoisotopic (exact) mass is 242 g/mol. The summed E-state index contributed by atoms with van der Waals surface area (Å²) in [7, 11) is 0. The topological polar surface area (TPSA) is 36.4 Å². The van der Waals surface area contributed by atoms with Crippen LogP contribution >= 0.6 is 11.3 Å². The van der Waals surface area contributed by atoms with E-state index in [0.717, 1.165) is 31.6 Å². The maximum Gasteiger partial charge on any atom is 0.0928 e. The summed E-state index contributed by atoms with van der Waals surface area (Å²) in [6, 6.07) is 0.448. The second-order valence-corrected chi connectivity index (χ2v) is 5.21. The molecule has 0 spiro atoms. The van der Waals surface area contributed by atoms with Crippen molar-refractivity contribution in [3.05, 3.63) is 16.1 Å². The van der Waals surface area contributed by atoms with E-state index < -0.39 is 0 Å². The predicted octanol–water partition coefficient (Wildman–Crippen LogP) is 2.30. The zero-order valence-electron chi connectivity index (χ0n) is 10.4. The van der Waals surface area contributed by atoms with E-state index >= 15 is 0 Å². The molecule has 1 rings (SSSR count). The third-order valence-corrected chi connectivity index (χ3v) is 3.50. The standard InChI is InChI=1S/C12H22N2OS/c1-4-5-12-13-11(9-16-12)8-14(6-7-15)10(2)3/h9-10,15H,4-8H2,1-3H3. The number of aliphatic hydroxyl groups excluding tert-OH is 1. The molecule has 0 amide bonds. The van der Waals surface area contributed by atoms with Crippen LogP contribution in [0, 0.1) is 0 Å². The molecule has 0 atom stereocenters. The van der Waals surface area contributed by atoms with Crippen molar-refractivity contribution in [1.29, 1.82) is 0 Å². The molecular formula is C12H22N2OS. The minimum atomic E-state index is 0.212. The Morgan fingerprint density at radius 2 is 2.25 bits per heavy atom. The molecule has 0 aliphatic heterocycles. The molecule has 92 valence electrons. The van der Waals surface area contributed by atoms with Crippen LogP contribution in [0.4, 0.5) is 0 Å². The molecule has 1 N–H and O–H groups in total. The maximum absolute atomic E-state index is 8.99. The first-order valence-corrected chi connectivity index (χ1v) is 6.83. The third-order valence-electron chi connectivity index (χ3n) is 2.55. The van der Waals surface area contributed by atoms with E-state index in [1.165, 1.54) is 5.01 Å². The van der Waals surface area contributed by atoms with E-state index in [9.17, 15) is 0 Å². The fourth-order valence-electron chi connectivity index (χ4n) is 1.61. The number of aryl methyl sites for hydroxylation is 1. The van der Waals surface area contributed by atoms with Crippen molar-refractivity contribution in [1.82, 2.24) is 9.88 Å². The second-order valence-electron chi connectivity index (χ2n) is 4.27. The van der Waals surface area contributed by atoms with Gasteiger partial charge in [0.05, 0.1) is 17.3 Å². The van der Waals surface area contributed by atoms with E-state index in [-0.39, 0.29) is 6.61 Å². The summed E-state index contributed by atoms with van der Waals surface area (Å²) in [5.74, 6) is 0. The van der Waals surface area contributed by atoms with E-state index in [1.54, 1.807) is 11.3 Å². The minimum absolute atomic E-state index is 0.212. The fraction of sp³-hybridized carbons (Fsp3) is 0.750. The second kappa shape index (κ2) is 6.99. The van der Waals surface area contributed by atoms with Crippen LogP contribution in [0.3, 0.4) is 0 Å². The largest absolute Gasteiger partial charge is 0.395 e. The molecule has 0 aliphatic carbocycles. The first-order valence-electron chi connectivity index (χ1n) is 5.95. The SMILES string of the molecule is CCCc1nc(CN(CCO)C(C)C)cs1. The summed E-state index contributed by atoms with van der Waals surface area (Å²) in [6.07, 6.45) is 2.23. The van der Waals surface area contributed by atoms with Crippen molar-refractivity contribution in [3.8, 4) is 0 Å². The first-order chi connectivity index (χ1) is 7.67. The van der Waals surface area contributed by atoms with E-state index in [0.29, 0.717) is 6.04 Å². The van der Waals surface area contributed by atoms with Gasteiger partial charge >= 0.3 is 0 Å². The summed E-state index contributed by atoms with van der Waals surface area (Å²) in [5.41, 5.74) is 1.13. The lowest BCUT2D eigenvalue weighted by Gasteiger charge is -2.24. The molecule has 0 unspecified atom stereocenters. The lowest BCUT2D eigenvalue weighted by Crippen LogP contribution is -2.33. The Labute approximate surface area is 102 Å². The molecule has 0 aliphatic rings. The number of rotatable bonds is 7. The van der Waals surface area contributed by atoms with Crippen molar-refractivity contribution in [2.45, 2.75) is 46.2 Å². The molecule has 4 heteroatoms. The number of aromatic nitrogens is 1. The Balaban J connectivity index is 2.55. The summed E-state index contributed by atoms with van der Waals surface area (Å²) < 4.78 is 0. The molecule has 0 fully saturated rings. The summed E-state index contributed by atoms with van der Waals surface area (Å²) in [6.45, 7) is 8.25.